The lowest BCUT2D eigenvalue weighted by Gasteiger charge is -2.07. The summed E-state index contributed by atoms with van der Waals surface area (Å²) in [6, 6.07) is 3.31. The molecule has 1 fully saturated rings. The Morgan fingerprint density at radius 3 is 3.07 bits per heavy atom. The number of halogens is 1. The Bertz CT molecular complexity index is 319. The molecule has 0 saturated carbocycles. The van der Waals surface area contributed by atoms with Gasteiger partial charge < -0.3 is 5.32 Å². The quantitative estimate of drug-likeness (QED) is 0.774. The van der Waals surface area contributed by atoms with Crippen molar-refractivity contribution < 1.29 is 4.39 Å². The molecule has 14 heavy (non-hydrogen) atoms. The molecular formula is C11H15FN2. The standard InChI is InChI=1S/C11H15FN2/c1-8-11(12)3-2-10(14-8)6-9-4-5-13-7-9/h2-3,9,13H,4-7H2,1H3. The number of nitrogens with one attached hydrogen (secondary N) is 1. The molecule has 1 aromatic rings. The fourth-order valence-corrected chi connectivity index (χ4v) is 1.89. The molecule has 1 unspecified atom stereocenters. The van der Waals surface area contributed by atoms with Crippen LogP contribution in [0.2, 0.25) is 0 Å². The number of aryl methyl sites for hydroxylation is 1. The average Bonchev–Trinajstić information content (AvgIpc) is 2.64. The lowest BCUT2D eigenvalue weighted by Crippen LogP contribution is -2.11. The molecule has 2 nitrogen and oxygen atoms in total. The van der Waals surface area contributed by atoms with Crippen LogP contribution in [0, 0.1) is 18.7 Å². The van der Waals surface area contributed by atoms with E-state index in [1.807, 2.05) is 0 Å². The Hall–Kier alpha value is -0.960. The summed E-state index contributed by atoms with van der Waals surface area (Å²) in [4.78, 5) is 4.23. The fourth-order valence-electron chi connectivity index (χ4n) is 1.89. The topological polar surface area (TPSA) is 24.9 Å². The van der Waals surface area contributed by atoms with Gasteiger partial charge in [-0.05, 0) is 50.9 Å². The van der Waals surface area contributed by atoms with Crippen molar-refractivity contribution in [2.24, 2.45) is 5.92 Å². The summed E-state index contributed by atoms with van der Waals surface area (Å²) in [5, 5.41) is 3.32. The fraction of sp³-hybridized carbons (Fsp3) is 0.545. The van der Waals surface area contributed by atoms with Crippen molar-refractivity contribution in [3.63, 3.8) is 0 Å². The van der Waals surface area contributed by atoms with Crippen LogP contribution in [0.25, 0.3) is 0 Å². The van der Waals surface area contributed by atoms with Gasteiger partial charge in [0.1, 0.15) is 5.82 Å². The van der Waals surface area contributed by atoms with Crippen LogP contribution in [0.1, 0.15) is 17.8 Å². The first-order valence-electron chi connectivity index (χ1n) is 5.08. The van der Waals surface area contributed by atoms with Crippen molar-refractivity contribution in [2.45, 2.75) is 19.8 Å². The van der Waals surface area contributed by atoms with Gasteiger partial charge in [0.2, 0.25) is 0 Å². The van der Waals surface area contributed by atoms with Crippen LogP contribution < -0.4 is 5.32 Å². The highest BCUT2D eigenvalue weighted by Gasteiger charge is 2.15. The maximum absolute atomic E-state index is 12.9. The van der Waals surface area contributed by atoms with E-state index in [1.54, 1.807) is 13.0 Å². The molecule has 1 aromatic heterocycles. The van der Waals surface area contributed by atoms with Crippen molar-refractivity contribution in [1.29, 1.82) is 0 Å². The summed E-state index contributed by atoms with van der Waals surface area (Å²) in [5.41, 5.74) is 1.52. The third-order valence-electron chi connectivity index (χ3n) is 2.74. The van der Waals surface area contributed by atoms with Crippen LogP contribution in [-0.2, 0) is 6.42 Å². The van der Waals surface area contributed by atoms with Gasteiger partial charge >= 0.3 is 0 Å². The third-order valence-corrected chi connectivity index (χ3v) is 2.74. The Kier molecular flexibility index (Phi) is 2.77. The second kappa shape index (κ2) is 4.05. The van der Waals surface area contributed by atoms with E-state index in [0.29, 0.717) is 11.6 Å². The van der Waals surface area contributed by atoms with Gasteiger partial charge in [0.25, 0.3) is 0 Å². The van der Waals surface area contributed by atoms with Crippen molar-refractivity contribution >= 4 is 0 Å². The molecule has 0 spiro atoms. The predicted octanol–water partition coefficient (Wildman–Crippen LogP) is 1.68. The molecule has 1 saturated heterocycles. The van der Waals surface area contributed by atoms with Gasteiger partial charge in [-0.25, -0.2) is 4.39 Å². The van der Waals surface area contributed by atoms with Gasteiger partial charge in [0, 0.05) is 5.69 Å². The maximum atomic E-state index is 12.9. The zero-order valence-corrected chi connectivity index (χ0v) is 8.39. The van der Waals surface area contributed by atoms with Gasteiger partial charge in [0.05, 0.1) is 5.69 Å². The van der Waals surface area contributed by atoms with Gasteiger partial charge in [-0.15, -0.1) is 0 Å². The number of hydrogen-bond acceptors (Lipinski definition) is 2. The lowest BCUT2D eigenvalue weighted by molar-refractivity contribution is 0.562. The summed E-state index contributed by atoms with van der Waals surface area (Å²) in [6.45, 7) is 3.88. The number of rotatable bonds is 2. The predicted molar refractivity (Wildman–Crippen MR) is 53.6 cm³/mol. The Balaban J connectivity index is 2.05. The largest absolute Gasteiger partial charge is 0.316 e. The molecule has 2 heterocycles. The summed E-state index contributed by atoms with van der Waals surface area (Å²) >= 11 is 0. The highest BCUT2D eigenvalue weighted by atomic mass is 19.1. The van der Waals surface area contributed by atoms with E-state index in [4.69, 9.17) is 0 Å². The highest BCUT2D eigenvalue weighted by Crippen LogP contribution is 2.14. The number of nitrogens with zero attached hydrogens (tertiary/aromatic N) is 1. The van der Waals surface area contributed by atoms with E-state index in [-0.39, 0.29) is 5.82 Å². The van der Waals surface area contributed by atoms with Crippen molar-refractivity contribution in [3.05, 3.63) is 29.3 Å². The first-order chi connectivity index (χ1) is 6.75. The minimum absolute atomic E-state index is 0.210. The molecule has 3 heteroatoms. The molecule has 1 atom stereocenters. The van der Waals surface area contributed by atoms with Crippen molar-refractivity contribution in [1.82, 2.24) is 10.3 Å². The van der Waals surface area contributed by atoms with Crippen molar-refractivity contribution in [2.75, 3.05) is 13.1 Å². The normalized spacial score (nSPS) is 21.4. The molecule has 0 radical (unpaired) electrons. The molecule has 2 rings (SSSR count). The second-order valence-corrected chi connectivity index (χ2v) is 3.93. The minimum atomic E-state index is -0.210. The van der Waals surface area contributed by atoms with Gasteiger partial charge in [-0.2, -0.15) is 0 Å². The summed E-state index contributed by atoms with van der Waals surface area (Å²) in [5.74, 6) is 0.464. The molecule has 0 bridgehead atoms. The summed E-state index contributed by atoms with van der Waals surface area (Å²) in [6.07, 6.45) is 2.17. The minimum Gasteiger partial charge on any atom is -0.316 e. The first-order valence-corrected chi connectivity index (χ1v) is 5.08. The number of hydrogen-bond donors (Lipinski definition) is 1. The van der Waals surface area contributed by atoms with Crippen LogP contribution in [-0.4, -0.2) is 18.1 Å². The van der Waals surface area contributed by atoms with E-state index in [9.17, 15) is 4.39 Å². The number of pyridine rings is 1. The van der Waals surface area contributed by atoms with Crippen molar-refractivity contribution in [3.8, 4) is 0 Å². The Labute approximate surface area is 83.6 Å². The molecule has 1 aliphatic rings. The highest BCUT2D eigenvalue weighted by molar-refractivity contribution is 5.13. The molecule has 1 N–H and O–H groups in total. The van der Waals surface area contributed by atoms with E-state index >= 15 is 0 Å². The Morgan fingerprint density at radius 1 is 1.57 bits per heavy atom. The van der Waals surface area contributed by atoms with E-state index < -0.39 is 0 Å². The first kappa shape index (κ1) is 9.59. The molecule has 1 aliphatic heterocycles. The zero-order valence-electron chi connectivity index (χ0n) is 8.39. The molecule has 0 aromatic carbocycles. The number of aromatic nitrogens is 1. The average molecular weight is 194 g/mol. The van der Waals surface area contributed by atoms with Gasteiger partial charge in [0.15, 0.2) is 0 Å². The molecule has 76 valence electrons. The van der Waals surface area contributed by atoms with E-state index in [1.165, 1.54) is 12.5 Å². The summed E-state index contributed by atoms with van der Waals surface area (Å²) in [7, 11) is 0. The lowest BCUT2D eigenvalue weighted by atomic mass is 10.0. The van der Waals surface area contributed by atoms with Crippen LogP contribution in [0.4, 0.5) is 4.39 Å². The third kappa shape index (κ3) is 2.10. The molecule has 0 amide bonds. The maximum Gasteiger partial charge on any atom is 0.144 e. The monoisotopic (exact) mass is 194 g/mol. The second-order valence-electron chi connectivity index (χ2n) is 3.93. The van der Waals surface area contributed by atoms with Crippen LogP contribution in [0.15, 0.2) is 12.1 Å². The zero-order chi connectivity index (χ0) is 9.97. The van der Waals surface area contributed by atoms with Crippen LogP contribution in [0.3, 0.4) is 0 Å². The molecule has 0 aliphatic carbocycles. The summed E-state index contributed by atoms with van der Waals surface area (Å²) < 4.78 is 12.9. The molecular weight excluding hydrogens is 179 g/mol. The van der Waals surface area contributed by atoms with Crippen LogP contribution in [0.5, 0.6) is 0 Å². The van der Waals surface area contributed by atoms with E-state index in [0.717, 1.165) is 25.2 Å². The Morgan fingerprint density at radius 2 is 2.43 bits per heavy atom. The SMILES string of the molecule is Cc1nc(CC2CCNC2)ccc1F. The van der Waals surface area contributed by atoms with Gasteiger partial charge in [-0.3, -0.25) is 4.98 Å². The van der Waals surface area contributed by atoms with Gasteiger partial charge in [-0.1, -0.05) is 0 Å². The van der Waals surface area contributed by atoms with E-state index in [2.05, 4.69) is 10.3 Å². The van der Waals surface area contributed by atoms with Crippen LogP contribution >= 0.6 is 0 Å². The smallest absolute Gasteiger partial charge is 0.144 e.